The van der Waals surface area contributed by atoms with Crippen molar-refractivity contribution in [3.8, 4) is 0 Å². The minimum absolute atomic E-state index is 1.11. The van der Waals surface area contributed by atoms with Crippen molar-refractivity contribution in [2.75, 3.05) is 0 Å². The Balaban J connectivity index is 2.88. The number of pyridine rings is 1. The van der Waals surface area contributed by atoms with E-state index in [4.69, 9.17) is 0 Å². The first-order chi connectivity index (χ1) is 4.33. The molecule has 1 rings (SSSR count). The summed E-state index contributed by atoms with van der Waals surface area (Å²) in [6.07, 6.45) is 3.16. The maximum Gasteiger partial charge on any atom is 0.176 e. The molecule has 1 aromatic heterocycles. The minimum Gasteiger partial charge on any atom is -0.215 e. The Kier molecular flexibility index (Phi) is 1.83. The van der Waals surface area contributed by atoms with Gasteiger partial charge < -0.3 is 0 Å². The summed E-state index contributed by atoms with van der Waals surface area (Å²) in [4.78, 5) is 3.15. The highest BCUT2D eigenvalue weighted by Gasteiger charge is 1.92. The van der Waals surface area contributed by atoms with Crippen molar-refractivity contribution in [1.29, 1.82) is 0 Å². The molecule has 1 nitrogen and oxygen atoms in total. The molecule has 0 aromatic carbocycles. The molecular weight excluding hydrogens is 110 g/mol. The van der Waals surface area contributed by atoms with Gasteiger partial charge in [-0.15, -0.1) is 0 Å². The first-order valence-electron chi connectivity index (χ1n) is 3.30. The Morgan fingerprint density at radius 3 is 2.67 bits per heavy atom. The van der Waals surface area contributed by atoms with Crippen molar-refractivity contribution in [3.05, 3.63) is 29.6 Å². The normalized spacial score (nSPS) is 9.56. The molecule has 0 aliphatic carbocycles. The molecule has 0 saturated carbocycles. The lowest BCUT2D eigenvalue weighted by Gasteiger charge is -1.88. The van der Waals surface area contributed by atoms with Gasteiger partial charge in [0, 0.05) is 18.6 Å². The fraction of sp³-hybridized carbons (Fsp3) is 0.375. The quantitative estimate of drug-likeness (QED) is 0.534. The molecule has 0 atom stereocenters. The fourth-order valence-electron chi connectivity index (χ4n) is 0.755. The topological polar surface area (TPSA) is 14.1 Å². The first kappa shape index (κ1) is 6.27. The number of hydrogen-bond donors (Lipinski definition) is 0. The summed E-state index contributed by atoms with van der Waals surface area (Å²) in [6.45, 7) is 4.21. The third-order valence-corrected chi connectivity index (χ3v) is 1.44. The Hall–Kier alpha value is -0.850. The van der Waals surface area contributed by atoms with Crippen LogP contribution in [0.4, 0.5) is 0 Å². The number of aryl methyl sites for hydroxylation is 2. The van der Waals surface area contributed by atoms with E-state index in [-0.39, 0.29) is 0 Å². The van der Waals surface area contributed by atoms with Crippen LogP contribution < -0.4 is 4.98 Å². The molecule has 0 aliphatic rings. The summed E-state index contributed by atoms with van der Waals surface area (Å²) >= 11 is 0. The van der Waals surface area contributed by atoms with Gasteiger partial charge in [-0.1, -0.05) is 6.92 Å². The second-order valence-corrected chi connectivity index (χ2v) is 2.23. The molecule has 1 aromatic rings. The molecule has 0 radical (unpaired) electrons. The summed E-state index contributed by atoms with van der Waals surface area (Å²) in [7, 11) is 0. The van der Waals surface area contributed by atoms with Crippen molar-refractivity contribution < 1.29 is 4.98 Å². The third kappa shape index (κ3) is 1.53. The molecular formula is C8H12N+. The highest BCUT2D eigenvalue weighted by Crippen LogP contribution is 1.94. The van der Waals surface area contributed by atoms with Gasteiger partial charge in [-0.2, -0.15) is 0 Å². The van der Waals surface area contributed by atoms with Crippen LogP contribution in [-0.2, 0) is 6.42 Å². The van der Waals surface area contributed by atoms with E-state index in [0.29, 0.717) is 0 Å². The van der Waals surface area contributed by atoms with Crippen molar-refractivity contribution in [2.24, 2.45) is 0 Å². The summed E-state index contributed by atoms with van der Waals surface area (Å²) < 4.78 is 0. The van der Waals surface area contributed by atoms with Crippen LogP contribution in [-0.4, -0.2) is 0 Å². The van der Waals surface area contributed by atoms with Gasteiger partial charge in [0.2, 0.25) is 0 Å². The van der Waals surface area contributed by atoms with Gasteiger partial charge in [0.15, 0.2) is 11.9 Å². The van der Waals surface area contributed by atoms with Crippen LogP contribution in [0.1, 0.15) is 18.2 Å². The molecule has 1 N–H and O–H groups in total. The lowest BCUT2D eigenvalue weighted by atomic mass is 10.2. The maximum atomic E-state index is 3.15. The molecule has 1 heterocycles. The maximum absolute atomic E-state index is 3.15. The van der Waals surface area contributed by atoms with Gasteiger partial charge >= 0.3 is 0 Å². The highest BCUT2D eigenvalue weighted by molar-refractivity contribution is 5.07. The first-order valence-corrected chi connectivity index (χ1v) is 3.30. The molecule has 0 aliphatic heterocycles. The second kappa shape index (κ2) is 2.62. The van der Waals surface area contributed by atoms with Crippen LogP contribution in [0.3, 0.4) is 0 Å². The zero-order valence-electron chi connectivity index (χ0n) is 5.94. The average Bonchev–Trinajstić information content (AvgIpc) is 1.90. The standard InChI is InChI=1S/C8H11N/c1-3-8-5-4-7(2)9-6-8/h4-6H,3H2,1-2H3/p+1. The number of aromatic amines is 1. The lowest BCUT2D eigenvalue weighted by Crippen LogP contribution is -2.06. The Morgan fingerprint density at radius 2 is 2.22 bits per heavy atom. The monoisotopic (exact) mass is 122 g/mol. The van der Waals surface area contributed by atoms with Gasteiger partial charge in [-0.25, -0.2) is 4.98 Å². The van der Waals surface area contributed by atoms with E-state index in [2.05, 4.69) is 37.2 Å². The van der Waals surface area contributed by atoms with E-state index in [1.54, 1.807) is 0 Å². The summed E-state index contributed by atoms with van der Waals surface area (Å²) in [5, 5.41) is 0. The summed E-state index contributed by atoms with van der Waals surface area (Å²) in [5.74, 6) is 0. The highest BCUT2D eigenvalue weighted by atomic mass is 14.6. The number of nitrogens with one attached hydrogen (secondary N) is 1. The van der Waals surface area contributed by atoms with Crippen LogP contribution in [0.2, 0.25) is 0 Å². The van der Waals surface area contributed by atoms with Crippen molar-refractivity contribution in [1.82, 2.24) is 0 Å². The zero-order valence-corrected chi connectivity index (χ0v) is 5.94. The Morgan fingerprint density at radius 1 is 1.44 bits per heavy atom. The molecule has 0 fully saturated rings. The zero-order chi connectivity index (χ0) is 6.69. The smallest absolute Gasteiger partial charge is 0.176 e. The molecule has 0 saturated heterocycles. The van der Waals surface area contributed by atoms with Crippen LogP contribution in [0.5, 0.6) is 0 Å². The largest absolute Gasteiger partial charge is 0.215 e. The van der Waals surface area contributed by atoms with Crippen LogP contribution in [0.15, 0.2) is 18.3 Å². The summed E-state index contributed by atoms with van der Waals surface area (Å²) in [5.41, 5.74) is 2.58. The van der Waals surface area contributed by atoms with Crippen LogP contribution in [0, 0.1) is 6.92 Å². The summed E-state index contributed by atoms with van der Waals surface area (Å²) in [6, 6.07) is 4.24. The van der Waals surface area contributed by atoms with Gasteiger partial charge in [-0.3, -0.25) is 0 Å². The van der Waals surface area contributed by atoms with Crippen molar-refractivity contribution >= 4 is 0 Å². The SMILES string of the molecule is CCc1ccc(C)[nH+]c1. The van der Waals surface area contributed by atoms with E-state index in [1.165, 1.54) is 11.3 Å². The van der Waals surface area contributed by atoms with E-state index in [0.717, 1.165) is 6.42 Å². The fourth-order valence-corrected chi connectivity index (χ4v) is 0.755. The number of hydrogen-bond acceptors (Lipinski definition) is 0. The molecule has 0 unspecified atom stereocenters. The predicted octanol–water partition coefficient (Wildman–Crippen LogP) is 1.37. The Labute approximate surface area is 55.7 Å². The number of rotatable bonds is 1. The number of H-pyrrole nitrogens is 1. The molecule has 0 spiro atoms. The third-order valence-electron chi connectivity index (χ3n) is 1.44. The van der Waals surface area contributed by atoms with Crippen LogP contribution in [0.25, 0.3) is 0 Å². The molecule has 48 valence electrons. The average molecular weight is 122 g/mol. The Bertz CT molecular complexity index is 176. The van der Waals surface area contributed by atoms with E-state index in [9.17, 15) is 0 Å². The second-order valence-electron chi connectivity index (χ2n) is 2.23. The van der Waals surface area contributed by atoms with Gasteiger partial charge in [0.25, 0.3) is 0 Å². The van der Waals surface area contributed by atoms with Crippen molar-refractivity contribution in [2.45, 2.75) is 20.3 Å². The minimum atomic E-state index is 1.11. The predicted molar refractivity (Wildman–Crippen MR) is 37.1 cm³/mol. The lowest BCUT2D eigenvalue weighted by molar-refractivity contribution is -0.388. The van der Waals surface area contributed by atoms with Gasteiger partial charge in [0.1, 0.15) is 0 Å². The van der Waals surface area contributed by atoms with Gasteiger partial charge in [-0.05, 0) is 12.5 Å². The molecule has 0 amide bonds. The van der Waals surface area contributed by atoms with Gasteiger partial charge in [0.05, 0.1) is 0 Å². The van der Waals surface area contributed by atoms with E-state index >= 15 is 0 Å². The molecule has 1 heteroatoms. The van der Waals surface area contributed by atoms with E-state index < -0.39 is 0 Å². The molecule has 9 heavy (non-hydrogen) atoms. The van der Waals surface area contributed by atoms with Crippen LogP contribution >= 0.6 is 0 Å². The van der Waals surface area contributed by atoms with E-state index in [1.807, 2.05) is 0 Å². The molecule has 0 bridgehead atoms. The van der Waals surface area contributed by atoms with Crippen molar-refractivity contribution in [3.63, 3.8) is 0 Å². The number of aromatic nitrogens is 1.